The maximum absolute atomic E-state index is 13.1. The maximum atomic E-state index is 13.1. The number of imidazole rings is 1. The first kappa shape index (κ1) is 22.7. The molecule has 1 aromatic heterocycles. The van der Waals surface area contributed by atoms with Crippen LogP contribution in [0.1, 0.15) is 26.7 Å². The smallest absolute Gasteiger partial charge is 0.334 e. The Morgan fingerprint density at radius 3 is 2.83 bits per heavy atom. The van der Waals surface area contributed by atoms with Crippen LogP contribution in [0.4, 0.5) is 16.3 Å². The fourth-order valence-corrected chi connectivity index (χ4v) is 5.18. The lowest BCUT2D eigenvalue weighted by molar-refractivity contribution is -0.127. The second kappa shape index (κ2) is 8.61. The number of rotatable bonds is 5. The van der Waals surface area contributed by atoms with Gasteiger partial charge in [0.15, 0.2) is 5.82 Å². The van der Waals surface area contributed by atoms with Gasteiger partial charge in [0.2, 0.25) is 5.91 Å². The molecular formula is C24H27N7O4. The monoisotopic (exact) mass is 477 g/mol. The minimum atomic E-state index is -0.728. The summed E-state index contributed by atoms with van der Waals surface area (Å²) in [5.74, 6) is 0.722. The molecule has 1 aromatic carbocycles. The number of carbonyl (C=O) groups is 3. The molecule has 4 amide bonds. The van der Waals surface area contributed by atoms with E-state index in [1.807, 2.05) is 47.6 Å². The van der Waals surface area contributed by atoms with Crippen LogP contribution in [0.5, 0.6) is 5.75 Å². The molecule has 2 N–H and O–H groups in total. The Hall–Kier alpha value is -4.07. The number of nitrogens with zero attached hydrogens (tertiary/aromatic N) is 6. The summed E-state index contributed by atoms with van der Waals surface area (Å²) in [5.41, 5.74) is 7.20. The molecule has 0 spiro atoms. The summed E-state index contributed by atoms with van der Waals surface area (Å²) in [7, 11) is 0. The van der Waals surface area contributed by atoms with Crippen LogP contribution < -0.4 is 20.3 Å². The zero-order chi connectivity index (χ0) is 24.9. The van der Waals surface area contributed by atoms with Gasteiger partial charge in [0, 0.05) is 24.5 Å². The number of nitrogens with two attached hydrogens (primary N) is 1. The number of hydrogen-bond donors (Lipinski definition) is 1. The van der Waals surface area contributed by atoms with Crippen LogP contribution in [0.2, 0.25) is 0 Å². The van der Waals surface area contributed by atoms with Crippen LogP contribution in [-0.4, -0.2) is 64.1 Å². The molecule has 0 radical (unpaired) electrons. The number of nitriles is 1. The second-order valence-corrected chi connectivity index (χ2v) is 9.32. The van der Waals surface area contributed by atoms with Gasteiger partial charge in [-0.15, -0.1) is 0 Å². The molecule has 3 aliphatic rings. The van der Waals surface area contributed by atoms with Crippen molar-refractivity contribution < 1.29 is 19.1 Å². The number of carbonyl (C=O) groups excluding carboxylic acids is 3. The van der Waals surface area contributed by atoms with Crippen molar-refractivity contribution in [2.24, 2.45) is 11.7 Å². The maximum Gasteiger partial charge on any atom is 0.334 e. The topological polar surface area (TPSA) is 138 Å². The highest BCUT2D eigenvalue weighted by molar-refractivity contribution is 6.14. The molecule has 4 heterocycles. The van der Waals surface area contributed by atoms with Gasteiger partial charge in [-0.2, -0.15) is 5.26 Å². The predicted molar refractivity (Wildman–Crippen MR) is 127 cm³/mol. The molecule has 35 heavy (non-hydrogen) atoms. The predicted octanol–water partition coefficient (Wildman–Crippen LogP) is 1.71. The van der Waals surface area contributed by atoms with Crippen LogP contribution in [0.25, 0.3) is 11.4 Å². The summed E-state index contributed by atoms with van der Waals surface area (Å²) in [6.07, 6.45) is 3.37. The summed E-state index contributed by atoms with van der Waals surface area (Å²) in [5, 5.41) is 9.09. The van der Waals surface area contributed by atoms with Crippen molar-refractivity contribution in [2.45, 2.75) is 45.3 Å². The van der Waals surface area contributed by atoms with Crippen molar-refractivity contribution in [2.75, 3.05) is 29.5 Å². The molecule has 0 aliphatic carbocycles. The quantitative estimate of drug-likeness (QED) is 0.511. The Morgan fingerprint density at radius 1 is 1.31 bits per heavy atom. The molecule has 2 atom stereocenters. The number of amides is 4. The number of fused-ring (bicyclic) bond motifs is 3. The summed E-state index contributed by atoms with van der Waals surface area (Å²) < 4.78 is 7.92. The fraction of sp³-hybridized carbons (Fsp3) is 0.458. The highest BCUT2D eigenvalue weighted by atomic mass is 16.5. The lowest BCUT2D eigenvalue weighted by Crippen LogP contribution is -2.40. The van der Waals surface area contributed by atoms with Crippen molar-refractivity contribution in [3.8, 4) is 23.2 Å². The molecule has 2 aromatic rings. The Kier molecular flexibility index (Phi) is 5.59. The SMILES string of the molecule is CC(C)C1C(=O)N(CC#N)C(=O)N1c1cn2c(n1)-c1ccc(N3CCC[C@H]3C(N)=O)cc1OCC2. The van der Waals surface area contributed by atoms with E-state index in [2.05, 4.69) is 0 Å². The molecule has 11 nitrogen and oxygen atoms in total. The Bertz CT molecular complexity index is 1250. The van der Waals surface area contributed by atoms with Gasteiger partial charge in [0.05, 0.1) is 18.2 Å². The van der Waals surface area contributed by atoms with E-state index in [1.54, 1.807) is 6.20 Å². The summed E-state index contributed by atoms with van der Waals surface area (Å²) in [6.45, 7) is 5.06. The summed E-state index contributed by atoms with van der Waals surface area (Å²) in [4.78, 5) is 47.0. The Morgan fingerprint density at radius 2 is 2.11 bits per heavy atom. The van der Waals surface area contributed by atoms with Gasteiger partial charge in [0.25, 0.3) is 5.91 Å². The van der Waals surface area contributed by atoms with Crippen molar-refractivity contribution in [3.05, 3.63) is 24.4 Å². The first-order valence-corrected chi connectivity index (χ1v) is 11.7. The minimum absolute atomic E-state index is 0.159. The molecular weight excluding hydrogens is 450 g/mol. The van der Waals surface area contributed by atoms with E-state index in [1.165, 1.54) is 4.90 Å². The third kappa shape index (κ3) is 3.65. The normalized spacial score (nSPS) is 21.6. The first-order chi connectivity index (χ1) is 16.8. The molecule has 5 rings (SSSR count). The van der Waals surface area contributed by atoms with Crippen LogP contribution in [0.15, 0.2) is 24.4 Å². The van der Waals surface area contributed by atoms with E-state index in [4.69, 9.17) is 20.7 Å². The summed E-state index contributed by atoms with van der Waals surface area (Å²) in [6, 6.07) is 6.00. The van der Waals surface area contributed by atoms with E-state index in [-0.39, 0.29) is 24.4 Å². The van der Waals surface area contributed by atoms with E-state index >= 15 is 0 Å². The van der Waals surface area contributed by atoms with Crippen LogP contribution in [-0.2, 0) is 16.1 Å². The first-order valence-electron chi connectivity index (χ1n) is 11.7. The Balaban J connectivity index is 1.52. The number of urea groups is 1. The van der Waals surface area contributed by atoms with Crippen LogP contribution >= 0.6 is 0 Å². The van der Waals surface area contributed by atoms with Gasteiger partial charge in [-0.1, -0.05) is 13.8 Å². The molecule has 11 heteroatoms. The Labute approximate surface area is 202 Å². The number of ether oxygens (including phenoxy) is 1. The van der Waals surface area contributed by atoms with Crippen molar-refractivity contribution in [1.82, 2.24) is 14.5 Å². The third-order valence-electron chi connectivity index (χ3n) is 6.81. The molecule has 0 saturated carbocycles. The van der Waals surface area contributed by atoms with E-state index in [9.17, 15) is 14.4 Å². The number of anilines is 2. The van der Waals surface area contributed by atoms with Crippen molar-refractivity contribution in [1.29, 1.82) is 5.26 Å². The molecule has 182 valence electrons. The second-order valence-electron chi connectivity index (χ2n) is 9.32. The lowest BCUT2D eigenvalue weighted by Gasteiger charge is -2.25. The molecule has 2 saturated heterocycles. The highest BCUT2D eigenvalue weighted by Gasteiger charge is 2.48. The minimum Gasteiger partial charge on any atom is -0.491 e. The van der Waals surface area contributed by atoms with Gasteiger partial charge in [-0.25, -0.2) is 14.7 Å². The van der Waals surface area contributed by atoms with Crippen molar-refractivity contribution >= 4 is 29.4 Å². The number of primary amides is 1. The van der Waals surface area contributed by atoms with Gasteiger partial charge in [0.1, 0.15) is 36.8 Å². The lowest BCUT2D eigenvalue weighted by atomic mass is 10.0. The van der Waals surface area contributed by atoms with Gasteiger partial charge in [-0.05, 0) is 30.9 Å². The van der Waals surface area contributed by atoms with Crippen molar-refractivity contribution in [3.63, 3.8) is 0 Å². The standard InChI is InChI=1S/C24H27N7O4/c1-14(2)20-23(33)30(9-7-25)24(34)31(20)19-13-28-10-11-35-18-12-15(5-6-16(18)22(28)27-19)29-8-3-4-17(29)21(26)32/h5-6,12-14,17,20H,3-4,8-11H2,1-2H3,(H2,26,32)/t17-,20?/m0/s1. The number of aromatic nitrogens is 2. The number of imide groups is 1. The fourth-order valence-electron chi connectivity index (χ4n) is 5.18. The van der Waals surface area contributed by atoms with E-state index in [0.29, 0.717) is 30.5 Å². The third-order valence-corrected chi connectivity index (χ3v) is 6.81. The van der Waals surface area contributed by atoms with E-state index in [0.717, 1.165) is 35.5 Å². The van der Waals surface area contributed by atoms with Gasteiger partial charge < -0.3 is 19.9 Å². The summed E-state index contributed by atoms with van der Waals surface area (Å²) >= 11 is 0. The molecule has 1 unspecified atom stereocenters. The average Bonchev–Trinajstić information content (AvgIpc) is 3.50. The van der Waals surface area contributed by atoms with Crippen LogP contribution in [0.3, 0.4) is 0 Å². The van der Waals surface area contributed by atoms with E-state index < -0.39 is 18.0 Å². The number of hydrogen-bond acceptors (Lipinski definition) is 7. The number of benzene rings is 1. The average molecular weight is 478 g/mol. The molecule has 3 aliphatic heterocycles. The van der Waals surface area contributed by atoms with Gasteiger partial charge >= 0.3 is 6.03 Å². The zero-order valence-electron chi connectivity index (χ0n) is 19.7. The molecule has 2 fully saturated rings. The largest absolute Gasteiger partial charge is 0.491 e. The van der Waals surface area contributed by atoms with Gasteiger partial charge in [-0.3, -0.25) is 14.5 Å². The highest BCUT2D eigenvalue weighted by Crippen LogP contribution is 2.39. The van der Waals surface area contributed by atoms with Crippen LogP contribution in [0, 0.1) is 17.2 Å². The molecule has 0 bridgehead atoms. The zero-order valence-corrected chi connectivity index (χ0v) is 19.7.